The monoisotopic (exact) mass is 536 g/mol. The molecule has 0 aromatic rings. The summed E-state index contributed by atoms with van der Waals surface area (Å²) < 4.78 is 0. The largest absolute Gasteiger partial charge is 0.393 e. The van der Waals surface area contributed by atoms with Crippen LogP contribution in [0.15, 0.2) is 24.3 Å². The van der Waals surface area contributed by atoms with E-state index in [1.165, 1.54) is 25.7 Å². The topological polar surface area (TPSA) is 101 Å². The number of rotatable bonds is 16. The second kappa shape index (κ2) is 16.5. The Morgan fingerprint density at radius 3 is 1.34 bits per heavy atom. The van der Waals surface area contributed by atoms with Gasteiger partial charge in [0.2, 0.25) is 0 Å². The fourth-order valence-corrected chi connectivity index (χ4v) is 7.15. The Balaban J connectivity index is 1.80. The highest BCUT2D eigenvalue weighted by molar-refractivity contribution is 5.20. The van der Waals surface area contributed by atoms with Crippen molar-refractivity contribution in [1.29, 1.82) is 0 Å². The molecule has 0 radical (unpaired) electrons. The summed E-state index contributed by atoms with van der Waals surface area (Å²) in [6.07, 6.45) is 11.1. The molecule has 0 aromatic heterocycles. The van der Waals surface area contributed by atoms with E-state index in [4.69, 9.17) is 0 Å². The maximum atomic E-state index is 11.0. The standard InChI is InChI=1S/C33H60O5/c1-21(17-31(36)25(5)29-11-7-9-27(19-29)15-13-23(3)34)33(38)22(2)18-32(37)26(6)30-12-8-10-28(20-30)16-14-24(4)35/h23-38H,1-2,7-20H2,3-6H3/t23-,24-,25+,26+,27?,28?,29?,30?,31+,32+,33?/m0/s1. The first kappa shape index (κ1) is 33.5. The lowest BCUT2D eigenvalue weighted by molar-refractivity contribution is 0.0475. The molecule has 222 valence electrons. The quantitative estimate of drug-likeness (QED) is 0.152. The molecule has 2 aliphatic rings. The van der Waals surface area contributed by atoms with Gasteiger partial charge < -0.3 is 25.5 Å². The maximum Gasteiger partial charge on any atom is 0.0957 e. The van der Waals surface area contributed by atoms with E-state index in [1.807, 2.05) is 13.8 Å². The van der Waals surface area contributed by atoms with Crippen LogP contribution in [0.5, 0.6) is 0 Å². The number of aliphatic hydroxyl groups excluding tert-OH is 5. The van der Waals surface area contributed by atoms with Crippen LogP contribution in [0.4, 0.5) is 0 Å². The Morgan fingerprint density at radius 1 is 0.632 bits per heavy atom. The van der Waals surface area contributed by atoms with Crippen molar-refractivity contribution in [3.8, 4) is 0 Å². The third-order valence-electron chi connectivity index (χ3n) is 10.0. The van der Waals surface area contributed by atoms with Crippen LogP contribution in [-0.2, 0) is 0 Å². The van der Waals surface area contributed by atoms with Gasteiger partial charge in [-0.15, -0.1) is 0 Å². The Labute approximate surface area is 233 Å². The van der Waals surface area contributed by atoms with E-state index in [9.17, 15) is 25.5 Å². The molecule has 5 N–H and O–H groups in total. The van der Waals surface area contributed by atoms with Gasteiger partial charge in [-0.3, -0.25) is 0 Å². The van der Waals surface area contributed by atoms with Crippen molar-refractivity contribution in [2.24, 2.45) is 35.5 Å². The smallest absolute Gasteiger partial charge is 0.0957 e. The lowest BCUT2D eigenvalue weighted by Gasteiger charge is -2.36. The zero-order valence-electron chi connectivity index (χ0n) is 24.9. The normalized spacial score (nSPS) is 30.0. The van der Waals surface area contributed by atoms with Gasteiger partial charge in [0, 0.05) is 0 Å². The summed E-state index contributed by atoms with van der Waals surface area (Å²) in [4.78, 5) is 0. The minimum Gasteiger partial charge on any atom is -0.393 e. The average molecular weight is 537 g/mol. The number of hydrogen-bond acceptors (Lipinski definition) is 5. The van der Waals surface area contributed by atoms with E-state index in [1.54, 1.807) is 0 Å². The summed E-state index contributed by atoms with van der Waals surface area (Å²) in [6.45, 7) is 16.1. The third-order valence-corrected chi connectivity index (χ3v) is 10.0. The predicted molar refractivity (Wildman–Crippen MR) is 157 cm³/mol. The molecule has 0 aromatic carbocycles. The molecule has 10 atom stereocenters. The summed E-state index contributed by atoms with van der Waals surface area (Å²) in [5.41, 5.74) is 1.15. The second-order valence-electron chi connectivity index (χ2n) is 13.4. The van der Waals surface area contributed by atoms with Crippen molar-refractivity contribution >= 4 is 0 Å². The summed E-state index contributed by atoms with van der Waals surface area (Å²) in [5, 5.41) is 52.2. The fraction of sp³-hybridized carbons (Fsp3) is 0.879. The molecule has 0 heterocycles. The average Bonchev–Trinajstić information content (AvgIpc) is 2.89. The van der Waals surface area contributed by atoms with Crippen LogP contribution in [0.1, 0.15) is 118 Å². The summed E-state index contributed by atoms with van der Waals surface area (Å²) in [6, 6.07) is 0. The van der Waals surface area contributed by atoms with Crippen LogP contribution >= 0.6 is 0 Å². The van der Waals surface area contributed by atoms with Crippen molar-refractivity contribution in [1.82, 2.24) is 0 Å². The first-order valence-corrected chi connectivity index (χ1v) is 15.6. The van der Waals surface area contributed by atoms with E-state index in [0.717, 1.165) is 51.4 Å². The van der Waals surface area contributed by atoms with E-state index in [-0.39, 0.29) is 24.0 Å². The molecule has 0 spiro atoms. The predicted octanol–water partition coefficient (Wildman–Crippen LogP) is 6.17. The first-order chi connectivity index (χ1) is 17.9. The van der Waals surface area contributed by atoms with E-state index < -0.39 is 18.3 Å². The molecule has 2 fully saturated rings. The lowest BCUT2D eigenvalue weighted by Crippen LogP contribution is -2.32. The fourth-order valence-electron chi connectivity index (χ4n) is 7.15. The third kappa shape index (κ3) is 11.0. The Kier molecular flexibility index (Phi) is 14.6. The zero-order chi connectivity index (χ0) is 28.4. The van der Waals surface area contributed by atoms with Gasteiger partial charge in [0.15, 0.2) is 0 Å². The van der Waals surface area contributed by atoms with Gasteiger partial charge >= 0.3 is 0 Å². The molecule has 5 heteroatoms. The van der Waals surface area contributed by atoms with Gasteiger partial charge in [-0.25, -0.2) is 0 Å². The van der Waals surface area contributed by atoms with Gasteiger partial charge in [-0.2, -0.15) is 0 Å². The van der Waals surface area contributed by atoms with E-state index >= 15 is 0 Å². The van der Waals surface area contributed by atoms with Crippen LogP contribution in [-0.4, -0.2) is 56.1 Å². The number of hydrogen-bond donors (Lipinski definition) is 5. The first-order valence-electron chi connectivity index (χ1n) is 15.6. The molecule has 2 rings (SSSR count). The molecule has 0 bridgehead atoms. The summed E-state index contributed by atoms with van der Waals surface area (Å²) in [7, 11) is 0. The van der Waals surface area contributed by atoms with E-state index in [0.29, 0.717) is 47.7 Å². The number of aliphatic hydroxyl groups is 5. The van der Waals surface area contributed by atoms with Crippen LogP contribution in [0.25, 0.3) is 0 Å². The minimum absolute atomic E-state index is 0.125. The summed E-state index contributed by atoms with van der Waals surface area (Å²) >= 11 is 0. The van der Waals surface area contributed by atoms with Crippen molar-refractivity contribution < 1.29 is 25.5 Å². The molecule has 0 aliphatic heterocycles. The van der Waals surface area contributed by atoms with Crippen LogP contribution < -0.4 is 0 Å². The van der Waals surface area contributed by atoms with Gasteiger partial charge in [0.05, 0.1) is 30.5 Å². The van der Waals surface area contributed by atoms with Gasteiger partial charge in [-0.05, 0) is 112 Å². The SMILES string of the molecule is C=C(C[C@@H](O)[C@H](C)C1CCCC(CC[C@H](C)O)C1)C(O)C(=C)C[C@@H](O)[C@H](C)C1CCCC(CC[C@H](C)O)C1. The Hall–Kier alpha value is -0.720. The Morgan fingerprint density at radius 2 is 1.00 bits per heavy atom. The van der Waals surface area contributed by atoms with Crippen LogP contribution in [0, 0.1) is 35.5 Å². The minimum atomic E-state index is -0.922. The lowest BCUT2D eigenvalue weighted by atomic mass is 9.71. The molecular weight excluding hydrogens is 476 g/mol. The van der Waals surface area contributed by atoms with Gasteiger partial charge in [0.25, 0.3) is 0 Å². The molecule has 4 unspecified atom stereocenters. The molecular formula is C33H60O5. The molecule has 0 amide bonds. The second-order valence-corrected chi connectivity index (χ2v) is 13.4. The molecule has 2 saturated carbocycles. The molecule has 0 saturated heterocycles. The highest BCUT2D eigenvalue weighted by atomic mass is 16.3. The van der Waals surface area contributed by atoms with Crippen molar-refractivity contribution in [2.75, 3.05) is 0 Å². The maximum absolute atomic E-state index is 11.0. The van der Waals surface area contributed by atoms with Gasteiger partial charge in [0.1, 0.15) is 0 Å². The Bertz CT molecular complexity index is 645. The van der Waals surface area contributed by atoms with Crippen LogP contribution in [0.3, 0.4) is 0 Å². The molecule has 5 nitrogen and oxygen atoms in total. The van der Waals surface area contributed by atoms with Crippen molar-refractivity contribution in [3.05, 3.63) is 24.3 Å². The molecule has 38 heavy (non-hydrogen) atoms. The van der Waals surface area contributed by atoms with Crippen LogP contribution in [0.2, 0.25) is 0 Å². The van der Waals surface area contributed by atoms with Crippen molar-refractivity contribution in [3.63, 3.8) is 0 Å². The van der Waals surface area contributed by atoms with Gasteiger partial charge in [-0.1, -0.05) is 65.5 Å². The highest BCUT2D eigenvalue weighted by Gasteiger charge is 2.33. The van der Waals surface area contributed by atoms with E-state index in [2.05, 4.69) is 27.0 Å². The molecule has 2 aliphatic carbocycles. The van der Waals surface area contributed by atoms with Crippen molar-refractivity contribution in [2.45, 2.75) is 148 Å². The highest BCUT2D eigenvalue weighted by Crippen LogP contribution is 2.40. The summed E-state index contributed by atoms with van der Waals surface area (Å²) in [5.74, 6) is 2.39. The zero-order valence-corrected chi connectivity index (χ0v) is 24.9.